The highest BCUT2D eigenvalue weighted by Gasteiger charge is 2.21. The molecule has 0 unspecified atom stereocenters. The van der Waals surface area contributed by atoms with Crippen molar-refractivity contribution in [3.63, 3.8) is 0 Å². The van der Waals surface area contributed by atoms with E-state index in [2.05, 4.69) is 150 Å². The molecule has 0 radical (unpaired) electrons. The summed E-state index contributed by atoms with van der Waals surface area (Å²) in [5, 5.41) is 2.33. The SMILES string of the molecule is C=C/C=C(\C=C/C(C)C)c1ccc(-c2ccc(-c3c(C=C)c(C=C)c(-c4ccccc4)c4ccccc34)c(C=C)c2C=C)cc1. The van der Waals surface area contributed by atoms with Gasteiger partial charge in [0.1, 0.15) is 0 Å². The van der Waals surface area contributed by atoms with E-state index in [1.54, 1.807) is 0 Å². The first kappa shape index (κ1) is 31.0. The van der Waals surface area contributed by atoms with Crippen LogP contribution in [0.2, 0.25) is 0 Å². The number of hydrogen-bond acceptors (Lipinski definition) is 0. The van der Waals surface area contributed by atoms with Crippen LogP contribution in [-0.4, -0.2) is 0 Å². The van der Waals surface area contributed by atoms with Gasteiger partial charge < -0.3 is 0 Å². The van der Waals surface area contributed by atoms with Gasteiger partial charge in [-0.15, -0.1) is 0 Å². The second-order valence-electron chi connectivity index (χ2n) is 11.3. The third-order valence-electron chi connectivity index (χ3n) is 8.22. The molecule has 0 heterocycles. The Morgan fingerprint density at radius 1 is 0.533 bits per heavy atom. The van der Waals surface area contributed by atoms with Crippen LogP contribution in [0.4, 0.5) is 0 Å². The molecule has 0 aliphatic rings. The van der Waals surface area contributed by atoms with Crippen LogP contribution in [0, 0.1) is 5.92 Å². The van der Waals surface area contributed by atoms with Crippen LogP contribution in [0.15, 0.2) is 148 Å². The molecule has 0 spiro atoms. The molecule has 45 heavy (non-hydrogen) atoms. The van der Waals surface area contributed by atoms with Crippen molar-refractivity contribution < 1.29 is 0 Å². The highest BCUT2D eigenvalue weighted by atomic mass is 14.2. The van der Waals surface area contributed by atoms with Gasteiger partial charge in [-0.05, 0) is 83.5 Å². The molecular formula is C45H40. The predicted octanol–water partition coefficient (Wildman–Crippen LogP) is 13.2. The second kappa shape index (κ2) is 13.9. The predicted molar refractivity (Wildman–Crippen MR) is 203 cm³/mol. The highest BCUT2D eigenvalue weighted by molar-refractivity contribution is 6.13. The minimum atomic E-state index is 0.472. The van der Waals surface area contributed by atoms with E-state index in [0.717, 1.165) is 72.2 Å². The Bertz CT molecular complexity index is 1970. The monoisotopic (exact) mass is 580 g/mol. The summed E-state index contributed by atoms with van der Waals surface area (Å²) in [6.07, 6.45) is 16.1. The minimum absolute atomic E-state index is 0.472. The first-order valence-corrected chi connectivity index (χ1v) is 15.4. The van der Waals surface area contributed by atoms with Gasteiger partial charge in [0.2, 0.25) is 0 Å². The van der Waals surface area contributed by atoms with Crippen LogP contribution in [0.1, 0.15) is 41.7 Å². The number of rotatable bonds is 11. The van der Waals surface area contributed by atoms with Crippen LogP contribution >= 0.6 is 0 Å². The van der Waals surface area contributed by atoms with Crippen LogP contribution in [0.3, 0.4) is 0 Å². The van der Waals surface area contributed by atoms with E-state index in [-0.39, 0.29) is 0 Å². The van der Waals surface area contributed by atoms with Gasteiger partial charge in [0.25, 0.3) is 0 Å². The van der Waals surface area contributed by atoms with Gasteiger partial charge in [0, 0.05) is 0 Å². The molecule has 0 aliphatic carbocycles. The van der Waals surface area contributed by atoms with Crippen molar-refractivity contribution in [3.8, 4) is 33.4 Å². The van der Waals surface area contributed by atoms with Crippen molar-refractivity contribution in [2.45, 2.75) is 13.8 Å². The number of benzene rings is 5. The van der Waals surface area contributed by atoms with Gasteiger partial charge in [-0.3, -0.25) is 0 Å². The van der Waals surface area contributed by atoms with E-state index in [1.165, 1.54) is 5.39 Å². The summed E-state index contributed by atoms with van der Waals surface area (Å²) >= 11 is 0. The van der Waals surface area contributed by atoms with E-state index in [1.807, 2.05) is 36.4 Å². The molecule has 0 saturated carbocycles. The summed E-state index contributed by atoms with van der Waals surface area (Å²) in [7, 11) is 0. The average molecular weight is 581 g/mol. The van der Waals surface area contributed by atoms with Crippen molar-refractivity contribution in [1.82, 2.24) is 0 Å². The topological polar surface area (TPSA) is 0 Å². The fraction of sp³-hybridized carbons (Fsp3) is 0.0667. The van der Waals surface area contributed by atoms with Gasteiger partial charge in [-0.2, -0.15) is 0 Å². The number of hydrogen-bond donors (Lipinski definition) is 0. The summed E-state index contributed by atoms with van der Waals surface area (Å²) in [6, 6.07) is 32.2. The Labute approximate surface area is 269 Å². The zero-order valence-corrected chi connectivity index (χ0v) is 26.4. The lowest BCUT2D eigenvalue weighted by molar-refractivity contribution is 0.832. The number of fused-ring (bicyclic) bond motifs is 1. The standard InChI is InChI=1S/C45H40/c1-8-18-32(24-23-31(6)7)33-25-27-34(28-26-33)40-29-30-43(37(10-3)36(40)9-2)45-39(12-5)38(11-4)44(35-19-14-13-15-20-35)41-21-16-17-22-42(41)45/h8-31H,1-5H2,6-7H3/b24-23-,32-18+. The normalized spacial score (nSPS) is 11.6. The smallest absolute Gasteiger partial charge is 0.00203 e. The summed E-state index contributed by atoms with van der Waals surface area (Å²) in [6.45, 7) is 25.3. The van der Waals surface area contributed by atoms with E-state index in [4.69, 9.17) is 0 Å². The molecule has 0 nitrogen and oxygen atoms in total. The summed E-state index contributed by atoms with van der Waals surface area (Å²) in [4.78, 5) is 0. The molecular weight excluding hydrogens is 540 g/mol. The van der Waals surface area contributed by atoms with Gasteiger partial charge in [-0.25, -0.2) is 0 Å². The molecule has 0 atom stereocenters. The molecule has 5 aromatic rings. The van der Waals surface area contributed by atoms with Crippen LogP contribution in [0.5, 0.6) is 0 Å². The van der Waals surface area contributed by atoms with Crippen molar-refractivity contribution in [2.24, 2.45) is 5.92 Å². The molecule has 0 amide bonds. The molecule has 0 fully saturated rings. The molecule has 0 N–H and O–H groups in total. The lowest BCUT2D eigenvalue weighted by Gasteiger charge is -2.22. The minimum Gasteiger partial charge on any atom is -0.0990 e. The Morgan fingerprint density at radius 3 is 1.64 bits per heavy atom. The fourth-order valence-electron chi connectivity index (χ4n) is 6.17. The zero-order chi connectivity index (χ0) is 31.9. The first-order valence-electron chi connectivity index (χ1n) is 15.4. The van der Waals surface area contributed by atoms with Gasteiger partial charge in [-0.1, -0.05) is 186 Å². The fourth-order valence-corrected chi connectivity index (χ4v) is 6.17. The van der Waals surface area contributed by atoms with Crippen molar-refractivity contribution in [3.05, 3.63) is 176 Å². The average Bonchev–Trinajstić information content (AvgIpc) is 3.08. The lowest BCUT2D eigenvalue weighted by Crippen LogP contribution is -1.99. The van der Waals surface area contributed by atoms with Crippen molar-refractivity contribution >= 4 is 40.6 Å². The third kappa shape index (κ3) is 6.01. The van der Waals surface area contributed by atoms with Crippen molar-refractivity contribution in [2.75, 3.05) is 0 Å². The lowest BCUT2D eigenvalue weighted by atomic mass is 9.80. The maximum atomic E-state index is 4.28. The van der Waals surface area contributed by atoms with Gasteiger partial charge in [0.05, 0.1) is 0 Å². The van der Waals surface area contributed by atoms with Gasteiger partial charge >= 0.3 is 0 Å². The first-order chi connectivity index (χ1) is 22.0. The van der Waals surface area contributed by atoms with Crippen LogP contribution in [0.25, 0.3) is 74.0 Å². The van der Waals surface area contributed by atoms with E-state index < -0.39 is 0 Å². The Balaban J connectivity index is 1.73. The molecule has 220 valence electrons. The maximum absolute atomic E-state index is 4.28. The quantitative estimate of drug-likeness (QED) is 0.136. The number of allylic oxidation sites excluding steroid dienone is 5. The van der Waals surface area contributed by atoms with E-state index >= 15 is 0 Å². The highest BCUT2D eigenvalue weighted by Crippen LogP contribution is 2.45. The molecule has 0 saturated heterocycles. The molecule has 5 aromatic carbocycles. The largest absolute Gasteiger partial charge is 0.0990 e. The van der Waals surface area contributed by atoms with Gasteiger partial charge in [0.15, 0.2) is 0 Å². The third-order valence-corrected chi connectivity index (χ3v) is 8.22. The Kier molecular flexibility index (Phi) is 9.56. The summed E-state index contributed by atoms with van der Waals surface area (Å²) < 4.78 is 0. The van der Waals surface area contributed by atoms with E-state index in [0.29, 0.717) is 5.92 Å². The second-order valence-corrected chi connectivity index (χ2v) is 11.3. The maximum Gasteiger partial charge on any atom is -0.00203 e. The summed E-state index contributed by atoms with van der Waals surface area (Å²) in [5.41, 5.74) is 13.2. The zero-order valence-electron chi connectivity index (χ0n) is 26.4. The van der Waals surface area contributed by atoms with Crippen LogP contribution in [-0.2, 0) is 0 Å². The molecule has 5 rings (SSSR count). The van der Waals surface area contributed by atoms with Crippen molar-refractivity contribution in [1.29, 1.82) is 0 Å². The Hall–Kier alpha value is -5.46. The molecule has 0 aliphatic heterocycles. The Morgan fingerprint density at radius 2 is 1.07 bits per heavy atom. The van der Waals surface area contributed by atoms with E-state index in [9.17, 15) is 0 Å². The molecule has 0 bridgehead atoms. The van der Waals surface area contributed by atoms with Crippen LogP contribution < -0.4 is 0 Å². The molecule has 0 aromatic heterocycles. The summed E-state index contributed by atoms with van der Waals surface area (Å²) in [5.74, 6) is 0.472. The molecule has 0 heteroatoms.